The molecule has 0 spiro atoms. The molecule has 5 heteroatoms. The predicted molar refractivity (Wildman–Crippen MR) is 525 cm³/mol. The minimum absolute atomic E-state index is 0.111. The third-order valence-corrected chi connectivity index (χ3v) is 29.0. The minimum atomic E-state index is -4.75. The van der Waals surface area contributed by atoms with Gasteiger partial charge in [-0.15, -0.1) is 0 Å². The molecule has 0 heterocycles. The molecular formula is C114H183O4P. The predicted octanol–water partition coefficient (Wildman–Crippen LogP) is 34.0. The fourth-order valence-electron chi connectivity index (χ4n) is 20.2. The molecule has 0 saturated carbocycles. The van der Waals surface area contributed by atoms with Crippen molar-refractivity contribution in [3.05, 3.63) is 206 Å². The Morgan fingerprint density at radius 1 is 0.227 bits per heavy atom. The van der Waals surface area contributed by atoms with Crippen molar-refractivity contribution in [2.24, 2.45) is 17.8 Å². The van der Waals surface area contributed by atoms with Crippen LogP contribution in [0, 0.1) is 59.3 Å². The van der Waals surface area contributed by atoms with E-state index in [2.05, 4.69) is 405 Å². The lowest BCUT2D eigenvalue weighted by molar-refractivity contribution is 0.0526. The average molecular weight is 1650 g/mol. The van der Waals surface area contributed by atoms with Crippen LogP contribution < -0.4 is 0 Å². The molecule has 0 saturated heterocycles. The van der Waals surface area contributed by atoms with Crippen LogP contribution in [0.15, 0.2) is 72.8 Å². The summed E-state index contributed by atoms with van der Waals surface area (Å²) in [6, 6.07) is 30.4. The molecule has 668 valence electrons. The lowest BCUT2D eigenvalue weighted by atomic mass is 9.57. The normalized spacial score (nSPS) is 15.4. The van der Waals surface area contributed by atoms with Crippen LogP contribution in [0.4, 0.5) is 0 Å². The van der Waals surface area contributed by atoms with Gasteiger partial charge in [0.1, 0.15) is 0 Å². The van der Waals surface area contributed by atoms with Crippen LogP contribution >= 0.6 is 7.82 Å². The fourth-order valence-corrected chi connectivity index (χ4v) is 21.5. The maximum absolute atomic E-state index is 18.8. The lowest BCUT2D eigenvalue weighted by Crippen LogP contribution is -2.43. The maximum atomic E-state index is 18.8. The van der Waals surface area contributed by atoms with E-state index in [1.807, 2.05) is 0 Å². The molecule has 0 aliphatic rings. The van der Waals surface area contributed by atoms with Crippen LogP contribution in [0.2, 0.25) is 0 Å². The summed E-state index contributed by atoms with van der Waals surface area (Å²) in [7, 11) is -4.75. The zero-order chi connectivity index (χ0) is 91.7. The monoisotopic (exact) mass is 1650 g/mol. The molecule has 0 fully saturated rings. The summed E-state index contributed by atoms with van der Waals surface area (Å²) in [6.07, 6.45) is 8.21. The Balaban J connectivity index is 1.95. The van der Waals surface area contributed by atoms with Crippen LogP contribution in [0.1, 0.15) is 482 Å². The fraction of sp³-hybridized carbons (Fsp3) is 0.684. The van der Waals surface area contributed by atoms with E-state index in [1.165, 1.54) is 134 Å². The summed E-state index contributed by atoms with van der Waals surface area (Å²) in [5.74, 6) is -0.669. The van der Waals surface area contributed by atoms with Crippen LogP contribution in [-0.4, -0.2) is 19.8 Å². The molecule has 6 rings (SSSR count). The van der Waals surface area contributed by atoms with Crippen molar-refractivity contribution in [2.75, 3.05) is 19.8 Å². The zero-order valence-corrected chi connectivity index (χ0v) is 87.6. The molecule has 0 amide bonds. The molecule has 0 bridgehead atoms. The Labute approximate surface area is 736 Å². The number of aryl methyl sites for hydroxylation is 6. The number of hydrogen-bond donors (Lipinski definition) is 0. The summed E-state index contributed by atoms with van der Waals surface area (Å²) in [4.78, 5) is 0. The molecule has 0 aliphatic carbocycles. The van der Waals surface area contributed by atoms with Crippen molar-refractivity contribution in [2.45, 2.75) is 471 Å². The summed E-state index contributed by atoms with van der Waals surface area (Å²) in [5.41, 5.74) is 27.4. The average Bonchev–Trinajstić information content (AvgIpc) is 0.723. The van der Waals surface area contributed by atoms with E-state index in [4.69, 9.17) is 13.6 Å². The van der Waals surface area contributed by atoms with Crippen LogP contribution in [-0.2, 0) is 99.4 Å². The van der Waals surface area contributed by atoms with Crippen molar-refractivity contribution in [1.29, 1.82) is 0 Å². The largest absolute Gasteiger partial charge is 0.474 e. The summed E-state index contributed by atoms with van der Waals surface area (Å²) in [6.45, 7) is 116. The highest BCUT2D eigenvalue weighted by atomic mass is 31.2. The highest BCUT2D eigenvalue weighted by Crippen LogP contribution is 2.61. The number of phosphoric acid groups is 1. The smallest absolute Gasteiger partial charge is 0.287 e. The third kappa shape index (κ3) is 23.0. The second kappa shape index (κ2) is 36.1. The van der Waals surface area contributed by atoms with E-state index in [9.17, 15) is 0 Å². The van der Waals surface area contributed by atoms with Crippen LogP contribution in [0.3, 0.4) is 0 Å². The standard InChI is InChI=1S/C114H183O4P/c1-49-52-55-79(112(46,94-73(4)58-82(100(10,11)12)64-88(94)106(28,29)30)95-74(5)59-83(101(13,14)15)65-89(95)107(31,32)33)70-116-119(115,117-71-80(56-53-50-2)113(47,96-75(6)60-84(102(16,17)18)66-90(96)108(34,35)36)97-76(7)61-85(103(19,20)21)67-91(97)109(37,38)39)118-72-81(57-54-51-3)114(48,98-77(8)62-86(104(22,23)24)68-92(98)110(40,41)42)99-78(9)63-87(105(25,26)27)69-93(99)111(43,44)45/h58-69,79-81H,49-57,70-72H2,1-48H3. The van der Waals surface area contributed by atoms with Crippen molar-refractivity contribution in [3.8, 4) is 0 Å². The van der Waals surface area contributed by atoms with Gasteiger partial charge in [0, 0.05) is 16.2 Å². The summed E-state index contributed by atoms with van der Waals surface area (Å²) >= 11 is 0. The SMILES string of the molecule is CCCCC(COP(=O)(OCC(CCCC)C(C)(c1c(C)cc(C(C)(C)C)cc1C(C)(C)C)c1c(C)cc(C(C)(C)C)cc1C(C)(C)C)OCC(CCCC)C(C)(c1c(C)cc(C(C)(C)C)cc1C(C)(C)C)c1c(C)cc(C(C)(C)C)cc1C(C)(C)C)C(C)(c1c(C)cc(C(C)(C)C)cc1C(C)(C)C)c1c(C)cc(C(C)(C)C)cc1C(C)(C)C. The van der Waals surface area contributed by atoms with E-state index >= 15 is 4.57 Å². The van der Waals surface area contributed by atoms with E-state index < -0.39 is 24.1 Å². The number of phosphoric ester groups is 1. The third-order valence-electron chi connectivity index (χ3n) is 27.6. The molecular weight excluding hydrogens is 1460 g/mol. The van der Waals surface area contributed by atoms with Crippen LogP contribution in [0.25, 0.3) is 0 Å². The van der Waals surface area contributed by atoms with Crippen molar-refractivity contribution in [3.63, 3.8) is 0 Å². The molecule has 3 atom stereocenters. The van der Waals surface area contributed by atoms with E-state index in [1.54, 1.807) is 0 Å². The van der Waals surface area contributed by atoms with Gasteiger partial charge in [-0.25, -0.2) is 4.57 Å². The first-order valence-electron chi connectivity index (χ1n) is 47.0. The Morgan fingerprint density at radius 3 is 0.471 bits per heavy atom. The molecule has 6 aromatic carbocycles. The van der Waals surface area contributed by atoms with Gasteiger partial charge in [0.15, 0.2) is 0 Å². The first-order valence-corrected chi connectivity index (χ1v) is 48.4. The molecule has 4 nitrogen and oxygen atoms in total. The van der Waals surface area contributed by atoms with Crippen molar-refractivity contribution < 1.29 is 18.1 Å². The topological polar surface area (TPSA) is 44.8 Å². The molecule has 0 aliphatic heterocycles. The quantitative estimate of drug-likeness (QED) is 0.0482. The molecule has 0 radical (unpaired) electrons. The number of benzene rings is 6. The maximum Gasteiger partial charge on any atom is 0.474 e. The van der Waals surface area contributed by atoms with Crippen molar-refractivity contribution >= 4 is 7.82 Å². The van der Waals surface area contributed by atoms with Gasteiger partial charge in [-0.3, -0.25) is 13.6 Å². The van der Waals surface area contributed by atoms with E-state index in [0.29, 0.717) is 0 Å². The Kier molecular flexibility index (Phi) is 31.3. The molecule has 0 N–H and O–H groups in total. The number of hydrogen-bond acceptors (Lipinski definition) is 4. The summed E-state index contributed by atoms with van der Waals surface area (Å²) in [5, 5.41) is 0. The molecule has 119 heavy (non-hydrogen) atoms. The van der Waals surface area contributed by atoms with Gasteiger partial charge in [-0.1, -0.05) is 402 Å². The second-order valence-corrected chi connectivity index (χ2v) is 52.4. The highest BCUT2D eigenvalue weighted by molar-refractivity contribution is 7.48. The Bertz CT molecular complexity index is 3840. The zero-order valence-electron chi connectivity index (χ0n) is 86.7. The van der Waals surface area contributed by atoms with Gasteiger partial charge in [-0.05, 0) is 277 Å². The first-order chi connectivity index (χ1) is 53.5. The second-order valence-electron chi connectivity index (χ2n) is 50.8. The molecule has 3 unspecified atom stereocenters. The van der Waals surface area contributed by atoms with Crippen molar-refractivity contribution in [1.82, 2.24) is 0 Å². The van der Waals surface area contributed by atoms with E-state index in [0.717, 1.165) is 57.8 Å². The summed E-state index contributed by atoms with van der Waals surface area (Å²) < 4.78 is 42.9. The molecule has 6 aromatic rings. The van der Waals surface area contributed by atoms with Gasteiger partial charge in [0.05, 0.1) is 19.8 Å². The van der Waals surface area contributed by atoms with Gasteiger partial charge >= 0.3 is 7.82 Å². The first kappa shape index (κ1) is 103. The minimum Gasteiger partial charge on any atom is -0.287 e. The van der Waals surface area contributed by atoms with Gasteiger partial charge in [-0.2, -0.15) is 0 Å². The van der Waals surface area contributed by atoms with Gasteiger partial charge < -0.3 is 0 Å². The van der Waals surface area contributed by atoms with Gasteiger partial charge in [0.2, 0.25) is 0 Å². The number of rotatable bonds is 27. The molecule has 0 aromatic heterocycles. The Hall–Kier alpha value is -4.57. The van der Waals surface area contributed by atoms with Gasteiger partial charge in [0.25, 0.3) is 0 Å². The van der Waals surface area contributed by atoms with E-state index in [-0.39, 0.29) is 103 Å². The van der Waals surface area contributed by atoms with Crippen LogP contribution in [0.5, 0.6) is 0 Å². The number of unbranched alkanes of at least 4 members (excludes halogenated alkanes) is 3. The lowest BCUT2D eigenvalue weighted by Gasteiger charge is -2.48. The highest BCUT2D eigenvalue weighted by Gasteiger charge is 2.52. The Morgan fingerprint density at radius 2 is 0.361 bits per heavy atom.